The Morgan fingerprint density at radius 3 is 2.76 bits per heavy atom. The van der Waals surface area contributed by atoms with Crippen molar-refractivity contribution in [3.63, 3.8) is 0 Å². The van der Waals surface area contributed by atoms with Gasteiger partial charge in [0.15, 0.2) is 0 Å². The highest BCUT2D eigenvalue weighted by molar-refractivity contribution is 9.10. The molecule has 4 rings (SSSR count). The van der Waals surface area contributed by atoms with Crippen molar-refractivity contribution in [2.24, 2.45) is 11.8 Å². The minimum absolute atomic E-state index is 0.0783. The van der Waals surface area contributed by atoms with Crippen LogP contribution in [0.2, 0.25) is 0 Å². The molecule has 0 amide bonds. The normalized spacial score (nSPS) is 31.7. The molecule has 1 heterocycles. The van der Waals surface area contributed by atoms with Crippen molar-refractivity contribution < 1.29 is 5.11 Å². The molecule has 21 heavy (non-hydrogen) atoms. The average molecular weight is 351 g/mol. The molecule has 1 aliphatic heterocycles. The Kier molecular flexibility index (Phi) is 3.72. The van der Waals surface area contributed by atoms with Crippen LogP contribution in [0.3, 0.4) is 0 Å². The van der Waals surface area contributed by atoms with Crippen molar-refractivity contribution in [3.05, 3.63) is 28.2 Å². The summed E-state index contributed by atoms with van der Waals surface area (Å²) in [6.45, 7) is 3.07. The average Bonchev–Trinajstić information content (AvgIpc) is 3.10. The molecule has 0 radical (unpaired) electrons. The number of hydrogen-bond donors (Lipinski definition) is 2. The van der Waals surface area contributed by atoms with Gasteiger partial charge in [-0.2, -0.15) is 0 Å². The molecule has 0 bridgehead atoms. The summed E-state index contributed by atoms with van der Waals surface area (Å²) in [7, 11) is 0. The zero-order valence-corrected chi connectivity index (χ0v) is 13.8. The molecule has 3 unspecified atom stereocenters. The van der Waals surface area contributed by atoms with Crippen LogP contribution in [0, 0.1) is 11.8 Å². The SMILES string of the molecule is OC1CCC2CN(c3ccc(CNC4CC4)c(Br)c3)CC12. The van der Waals surface area contributed by atoms with Gasteiger partial charge in [0.05, 0.1) is 6.10 Å². The third-order valence-corrected chi connectivity index (χ3v) is 6.12. The van der Waals surface area contributed by atoms with Crippen LogP contribution in [0.1, 0.15) is 31.2 Å². The van der Waals surface area contributed by atoms with Crippen LogP contribution in [0.5, 0.6) is 0 Å². The van der Waals surface area contributed by atoms with Crippen molar-refractivity contribution in [2.45, 2.75) is 44.4 Å². The number of fused-ring (bicyclic) bond motifs is 1. The van der Waals surface area contributed by atoms with Crippen LogP contribution in [-0.2, 0) is 6.54 Å². The lowest BCUT2D eigenvalue weighted by Crippen LogP contribution is -2.24. The topological polar surface area (TPSA) is 35.5 Å². The van der Waals surface area contributed by atoms with Gasteiger partial charge in [0.1, 0.15) is 0 Å². The monoisotopic (exact) mass is 350 g/mol. The number of benzene rings is 1. The van der Waals surface area contributed by atoms with Crippen LogP contribution in [0.4, 0.5) is 5.69 Å². The van der Waals surface area contributed by atoms with Gasteiger partial charge in [0, 0.05) is 41.8 Å². The minimum atomic E-state index is -0.0783. The number of aliphatic hydroxyl groups is 1. The van der Waals surface area contributed by atoms with Crippen molar-refractivity contribution >= 4 is 21.6 Å². The third kappa shape index (κ3) is 2.86. The van der Waals surface area contributed by atoms with E-state index in [0.717, 1.165) is 32.1 Å². The van der Waals surface area contributed by atoms with Crippen LogP contribution in [-0.4, -0.2) is 30.3 Å². The molecule has 2 aliphatic carbocycles. The fourth-order valence-electron chi connectivity index (χ4n) is 3.87. The molecule has 2 N–H and O–H groups in total. The van der Waals surface area contributed by atoms with Gasteiger partial charge in [0.25, 0.3) is 0 Å². The van der Waals surface area contributed by atoms with Gasteiger partial charge in [-0.05, 0) is 49.3 Å². The second-order valence-corrected chi connectivity index (χ2v) is 7.76. The maximum absolute atomic E-state index is 10.0. The standard InChI is InChI=1S/C17H23BrN2O/c18-16-7-14(5-1-11(16)8-19-13-3-4-13)20-9-12-2-6-17(21)15(12)10-20/h1,5,7,12-13,15,17,19,21H,2-4,6,8-10H2. The summed E-state index contributed by atoms with van der Waals surface area (Å²) in [6, 6.07) is 7.47. The van der Waals surface area contributed by atoms with Gasteiger partial charge in [-0.25, -0.2) is 0 Å². The molecule has 4 heteroatoms. The highest BCUT2D eigenvalue weighted by Crippen LogP contribution is 2.40. The van der Waals surface area contributed by atoms with E-state index in [9.17, 15) is 5.11 Å². The first-order valence-electron chi connectivity index (χ1n) is 8.15. The quantitative estimate of drug-likeness (QED) is 0.876. The molecule has 114 valence electrons. The maximum Gasteiger partial charge on any atom is 0.0588 e. The largest absolute Gasteiger partial charge is 0.393 e. The summed E-state index contributed by atoms with van der Waals surface area (Å²) in [5, 5.41) is 13.6. The van der Waals surface area contributed by atoms with E-state index >= 15 is 0 Å². The molecule has 1 saturated heterocycles. The Balaban J connectivity index is 1.44. The molecule has 0 spiro atoms. The summed E-state index contributed by atoms with van der Waals surface area (Å²) in [6.07, 6.45) is 4.76. The maximum atomic E-state index is 10.0. The summed E-state index contributed by atoms with van der Waals surface area (Å²) in [5.74, 6) is 1.18. The van der Waals surface area contributed by atoms with Gasteiger partial charge in [-0.1, -0.05) is 22.0 Å². The number of halogens is 1. The van der Waals surface area contributed by atoms with E-state index in [-0.39, 0.29) is 6.10 Å². The number of anilines is 1. The zero-order chi connectivity index (χ0) is 14.4. The minimum Gasteiger partial charge on any atom is -0.393 e. The second-order valence-electron chi connectivity index (χ2n) is 6.90. The number of hydrogen-bond acceptors (Lipinski definition) is 3. The Morgan fingerprint density at radius 2 is 2.05 bits per heavy atom. The van der Waals surface area contributed by atoms with Crippen LogP contribution < -0.4 is 10.2 Å². The van der Waals surface area contributed by atoms with E-state index in [1.807, 2.05) is 0 Å². The first-order valence-corrected chi connectivity index (χ1v) is 8.95. The molecule has 0 aromatic heterocycles. The fourth-order valence-corrected chi connectivity index (χ4v) is 4.37. The van der Waals surface area contributed by atoms with Crippen molar-refractivity contribution in [1.29, 1.82) is 0 Å². The lowest BCUT2D eigenvalue weighted by molar-refractivity contribution is 0.133. The van der Waals surface area contributed by atoms with E-state index in [4.69, 9.17) is 0 Å². The third-order valence-electron chi connectivity index (χ3n) is 5.38. The first-order chi connectivity index (χ1) is 10.2. The predicted octanol–water partition coefficient (Wildman–Crippen LogP) is 2.91. The van der Waals surface area contributed by atoms with Gasteiger partial charge in [-0.3, -0.25) is 0 Å². The number of nitrogens with zero attached hydrogens (tertiary/aromatic N) is 1. The molecule has 1 aromatic carbocycles. The van der Waals surface area contributed by atoms with Crippen LogP contribution in [0.15, 0.2) is 22.7 Å². The Labute approximate surface area is 134 Å². The fraction of sp³-hybridized carbons (Fsp3) is 0.647. The predicted molar refractivity (Wildman–Crippen MR) is 88.4 cm³/mol. The molecule has 3 atom stereocenters. The van der Waals surface area contributed by atoms with E-state index in [1.54, 1.807) is 0 Å². The van der Waals surface area contributed by atoms with Crippen molar-refractivity contribution in [1.82, 2.24) is 5.32 Å². The summed E-state index contributed by atoms with van der Waals surface area (Å²) in [4.78, 5) is 2.45. The van der Waals surface area contributed by atoms with Crippen LogP contribution in [0.25, 0.3) is 0 Å². The van der Waals surface area contributed by atoms with Crippen molar-refractivity contribution in [2.75, 3.05) is 18.0 Å². The van der Waals surface area contributed by atoms with Crippen LogP contribution >= 0.6 is 15.9 Å². The first kappa shape index (κ1) is 14.0. The molecular weight excluding hydrogens is 328 g/mol. The van der Waals surface area contributed by atoms with Crippen molar-refractivity contribution in [3.8, 4) is 0 Å². The van der Waals surface area contributed by atoms with E-state index in [0.29, 0.717) is 11.8 Å². The molecular formula is C17H23BrN2O. The highest BCUT2D eigenvalue weighted by Gasteiger charge is 2.41. The smallest absolute Gasteiger partial charge is 0.0588 e. The van der Waals surface area contributed by atoms with Gasteiger partial charge < -0.3 is 15.3 Å². The molecule has 1 aromatic rings. The zero-order valence-electron chi connectivity index (χ0n) is 12.3. The van der Waals surface area contributed by atoms with E-state index < -0.39 is 0 Å². The summed E-state index contributed by atoms with van der Waals surface area (Å²) >= 11 is 3.72. The molecule has 3 fully saturated rings. The van der Waals surface area contributed by atoms with Gasteiger partial charge >= 0.3 is 0 Å². The Bertz CT molecular complexity index is 532. The van der Waals surface area contributed by atoms with E-state index in [2.05, 4.69) is 44.3 Å². The number of nitrogens with one attached hydrogen (secondary N) is 1. The van der Waals surface area contributed by atoms with E-state index in [1.165, 1.54) is 35.0 Å². The number of aliphatic hydroxyl groups excluding tert-OH is 1. The number of rotatable bonds is 4. The second kappa shape index (κ2) is 5.56. The highest BCUT2D eigenvalue weighted by atomic mass is 79.9. The molecule has 2 saturated carbocycles. The lowest BCUT2D eigenvalue weighted by Gasteiger charge is -2.21. The summed E-state index contributed by atoms with van der Waals surface area (Å²) in [5.41, 5.74) is 2.63. The van der Waals surface area contributed by atoms with Gasteiger partial charge in [-0.15, -0.1) is 0 Å². The Hall–Kier alpha value is -0.580. The molecule has 3 aliphatic rings. The Morgan fingerprint density at radius 1 is 1.19 bits per heavy atom. The molecule has 3 nitrogen and oxygen atoms in total. The lowest BCUT2D eigenvalue weighted by atomic mass is 10.00. The summed E-state index contributed by atoms with van der Waals surface area (Å²) < 4.78 is 1.20. The van der Waals surface area contributed by atoms with Gasteiger partial charge in [0.2, 0.25) is 0 Å².